The topological polar surface area (TPSA) is 88.8 Å². The number of hydrogen-bond donors (Lipinski definition) is 2. The van der Waals surface area contributed by atoms with Crippen LogP contribution in [-0.4, -0.2) is 72.6 Å². The lowest BCUT2D eigenvalue weighted by Gasteiger charge is -2.27. The van der Waals surface area contributed by atoms with Crippen molar-refractivity contribution in [1.29, 1.82) is 0 Å². The van der Waals surface area contributed by atoms with Crippen LogP contribution in [0.4, 0.5) is 0 Å². The summed E-state index contributed by atoms with van der Waals surface area (Å²) in [4.78, 5) is 9.55. The van der Waals surface area contributed by atoms with Crippen molar-refractivity contribution in [2.45, 2.75) is 12.4 Å². The number of para-hydroxylation sites is 2. The molecule has 8 nitrogen and oxygen atoms in total. The zero-order chi connectivity index (χ0) is 37.2. The summed E-state index contributed by atoms with van der Waals surface area (Å²) >= 11 is 31.4. The van der Waals surface area contributed by atoms with Gasteiger partial charge in [-0.2, -0.15) is 0 Å². The van der Waals surface area contributed by atoms with Gasteiger partial charge in [-0.1, -0.05) is 107 Å². The number of benzene rings is 4. The van der Waals surface area contributed by atoms with Crippen LogP contribution in [-0.2, 0) is 21.9 Å². The number of pyridine rings is 2. The molecule has 8 rings (SSSR count). The van der Waals surface area contributed by atoms with Gasteiger partial charge in [-0.25, -0.2) is 20.0 Å². The average molecular weight is 813 g/mol. The number of ether oxygens (including phenoxy) is 2. The van der Waals surface area contributed by atoms with Crippen LogP contribution in [0.1, 0.15) is 11.1 Å². The molecular formula is C40H39Cl5N6O2. The van der Waals surface area contributed by atoms with Gasteiger partial charge in [0.15, 0.2) is 0 Å². The molecule has 0 saturated carbocycles. The third kappa shape index (κ3) is 10.4. The molecule has 276 valence electrons. The van der Waals surface area contributed by atoms with Gasteiger partial charge in [0, 0.05) is 70.5 Å². The number of morpholine rings is 2. The van der Waals surface area contributed by atoms with E-state index in [9.17, 15) is 0 Å². The molecule has 4 heterocycles. The van der Waals surface area contributed by atoms with E-state index in [-0.39, 0.29) is 0 Å². The van der Waals surface area contributed by atoms with Crippen molar-refractivity contribution in [3.8, 4) is 22.5 Å². The molecule has 3 N–H and O–H groups in total. The van der Waals surface area contributed by atoms with Crippen LogP contribution >= 0.6 is 58.0 Å². The molecule has 0 unspecified atom stereocenters. The number of fused-ring (bicyclic) bond motifs is 2. The molecule has 2 saturated heterocycles. The van der Waals surface area contributed by atoms with Gasteiger partial charge in [-0.05, 0) is 47.5 Å². The molecule has 0 radical (unpaired) electrons. The summed E-state index contributed by atoms with van der Waals surface area (Å²) in [6.07, 6.45) is 0. The molecule has 4 aromatic carbocycles. The van der Waals surface area contributed by atoms with Crippen LogP contribution in [0.5, 0.6) is 0 Å². The standard InChI is InChI=1S/C20H19Cl2N3O.C16H10Cl3N.C4H10N2O/c21-17-6-2-1-5-16(17)19-15(13-23-25-8-10-26-11-9-25)12-14-4-3-7-18(22)20(14)24-19;17-9-11-8-10-4-3-7-14(19)16(10)20-15(11)12-5-1-2-6-13(12)18;5-6-1-3-7-4-2-6/h1-7,12,23H,8-11,13H2;1-8H,9H2;1-5H2. The second-order valence-corrected chi connectivity index (χ2v) is 14.2. The quantitative estimate of drug-likeness (QED) is 0.127. The average Bonchev–Trinajstić information content (AvgIpc) is 3.18. The van der Waals surface area contributed by atoms with Crippen LogP contribution in [0, 0.1) is 0 Å². The van der Waals surface area contributed by atoms with Crippen molar-refractivity contribution < 1.29 is 9.47 Å². The second-order valence-electron chi connectivity index (χ2n) is 12.3. The number of rotatable bonds is 6. The predicted molar refractivity (Wildman–Crippen MR) is 220 cm³/mol. The maximum absolute atomic E-state index is 6.45. The van der Waals surface area contributed by atoms with Crippen molar-refractivity contribution in [2.24, 2.45) is 5.84 Å². The Morgan fingerprint density at radius 1 is 0.585 bits per heavy atom. The van der Waals surface area contributed by atoms with Crippen molar-refractivity contribution >= 4 is 79.8 Å². The number of hydrazine groups is 2. The minimum atomic E-state index is 0.371. The summed E-state index contributed by atoms with van der Waals surface area (Å²) in [6.45, 7) is 7.22. The minimum absolute atomic E-state index is 0.371. The molecule has 0 atom stereocenters. The van der Waals surface area contributed by atoms with Gasteiger partial charge in [0.2, 0.25) is 0 Å². The highest BCUT2D eigenvalue weighted by Gasteiger charge is 2.16. The van der Waals surface area contributed by atoms with Crippen molar-refractivity contribution in [3.63, 3.8) is 0 Å². The van der Waals surface area contributed by atoms with E-state index in [1.165, 1.54) is 0 Å². The molecule has 53 heavy (non-hydrogen) atoms. The summed E-state index contributed by atoms with van der Waals surface area (Å²) < 4.78 is 10.4. The van der Waals surface area contributed by atoms with Gasteiger partial charge < -0.3 is 9.47 Å². The van der Waals surface area contributed by atoms with Gasteiger partial charge >= 0.3 is 0 Å². The van der Waals surface area contributed by atoms with Gasteiger partial charge in [-0.15, -0.1) is 11.6 Å². The van der Waals surface area contributed by atoms with Crippen LogP contribution in [0.25, 0.3) is 44.3 Å². The largest absolute Gasteiger partial charge is 0.379 e. The molecule has 0 aliphatic carbocycles. The fraction of sp³-hybridized carbons (Fsp3) is 0.250. The number of alkyl halides is 1. The Kier molecular flexibility index (Phi) is 14.6. The fourth-order valence-electron chi connectivity index (χ4n) is 5.92. The third-order valence-corrected chi connectivity index (χ3v) is 10.3. The summed E-state index contributed by atoms with van der Waals surface area (Å²) in [5.41, 5.74) is 10.5. The lowest BCUT2D eigenvalue weighted by molar-refractivity contribution is 0.0106. The van der Waals surface area contributed by atoms with Gasteiger partial charge in [-0.3, -0.25) is 11.3 Å². The van der Waals surface area contributed by atoms with E-state index in [1.807, 2.05) is 91.0 Å². The monoisotopic (exact) mass is 810 g/mol. The highest BCUT2D eigenvalue weighted by atomic mass is 35.5. The van der Waals surface area contributed by atoms with E-state index in [0.717, 1.165) is 108 Å². The molecule has 6 aromatic rings. The molecular weight excluding hydrogens is 774 g/mol. The Morgan fingerprint density at radius 3 is 1.51 bits per heavy atom. The Balaban J connectivity index is 0.000000157. The van der Waals surface area contributed by atoms with Crippen LogP contribution < -0.4 is 11.3 Å². The predicted octanol–water partition coefficient (Wildman–Crippen LogP) is 9.69. The highest BCUT2D eigenvalue weighted by molar-refractivity contribution is 6.36. The van der Waals surface area contributed by atoms with Gasteiger partial charge in [0.25, 0.3) is 0 Å². The van der Waals surface area contributed by atoms with E-state index < -0.39 is 0 Å². The Bertz CT molecular complexity index is 2140. The third-order valence-electron chi connectivity index (χ3n) is 8.70. The first-order valence-electron chi connectivity index (χ1n) is 17.2. The first-order chi connectivity index (χ1) is 25.8. The van der Waals surface area contributed by atoms with E-state index in [1.54, 1.807) is 5.01 Å². The molecule has 2 aliphatic heterocycles. The number of nitrogens with two attached hydrogens (primary N) is 1. The molecule has 0 spiro atoms. The molecule has 2 aromatic heterocycles. The Hall–Kier alpha value is -3.09. The molecule has 2 fully saturated rings. The summed E-state index contributed by atoms with van der Waals surface area (Å²) in [7, 11) is 0. The van der Waals surface area contributed by atoms with Crippen LogP contribution in [0.3, 0.4) is 0 Å². The number of halogens is 5. The number of hydrogen-bond acceptors (Lipinski definition) is 8. The maximum atomic E-state index is 6.45. The zero-order valence-electron chi connectivity index (χ0n) is 28.9. The minimum Gasteiger partial charge on any atom is -0.379 e. The molecule has 13 heteroatoms. The number of aromatic nitrogens is 2. The summed E-state index contributed by atoms with van der Waals surface area (Å²) in [5, 5.41) is 8.54. The number of nitrogens with one attached hydrogen (secondary N) is 1. The van der Waals surface area contributed by atoms with Gasteiger partial charge in [0.05, 0.1) is 58.9 Å². The van der Waals surface area contributed by atoms with Crippen molar-refractivity contribution in [1.82, 2.24) is 25.4 Å². The highest BCUT2D eigenvalue weighted by Crippen LogP contribution is 2.35. The first kappa shape index (κ1) is 39.6. The SMILES string of the molecule is ClCc1cc2cccc(Cl)c2nc1-c1ccccc1Cl.Clc1ccccc1-c1nc2c(Cl)cccc2cc1CNN1CCOCC1.NN1CCOCC1. The summed E-state index contributed by atoms with van der Waals surface area (Å²) in [6, 6.07) is 31.1. The smallest absolute Gasteiger partial charge is 0.0895 e. The fourth-order valence-corrected chi connectivity index (χ4v) is 7.02. The lowest BCUT2D eigenvalue weighted by atomic mass is 10.0. The maximum Gasteiger partial charge on any atom is 0.0895 e. The Morgan fingerprint density at radius 2 is 1.04 bits per heavy atom. The Labute approximate surface area is 334 Å². The molecule has 0 bridgehead atoms. The first-order valence-corrected chi connectivity index (χ1v) is 19.2. The van der Waals surface area contributed by atoms with E-state index in [2.05, 4.69) is 21.5 Å². The van der Waals surface area contributed by atoms with Crippen molar-refractivity contribution in [2.75, 3.05) is 52.6 Å². The lowest BCUT2D eigenvalue weighted by Crippen LogP contribution is -2.45. The van der Waals surface area contributed by atoms with Crippen LogP contribution in [0.2, 0.25) is 20.1 Å². The summed E-state index contributed by atoms with van der Waals surface area (Å²) in [5.74, 6) is 5.76. The van der Waals surface area contributed by atoms with E-state index >= 15 is 0 Å². The normalized spacial score (nSPS) is 15.1. The van der Waals surface area contributed by atoms with Gasteiger partial charge in [0.1, 0.15) is 0 Å². The van der Waals surface area contributed by atoms with E-state index in [0.29, 0.717) is 32.5 Å². The van der Waals surface area contributed by atoms with Crippen LogP contribution in [0.15, 0.2) is 97.1 Å². The molecule has 2 aliphatic rings. The van der Waals surface area contributed by atoms with E-state index in [4.69, 9.17) is 78.3 Å². The molecule has 0 amide bonds. The zero-order valence-corrected chi connectivity index (χ0v) is 32.7. The second kappa shape index (κ2) is 19.5. The van der Waals surface area contributed by atoms with Crippen molar-refractivity contribution in [3.05, 3.63) is 128 Å². The number of nitrogens with zero attached hydrogens (tertiary/aromatic N) is 4.